The van der Waals surface area contributed by atoms with E-state index in [1.807, 2.05) is 0 Å². The Hall–Kier alpha value is -0.870. The van der Waals surface area contributed by atoms with Crippen molar-refractivity contribution in [2.24, 2.45) is 0 Å². The Morgan fingerprint density at radius 2 is 2.14 bits per heavy atom. The molecule has 82 valence electrons. The third kappa shape index (κ3) is 4.99. The van der Waals surface area contributed by atoms with Crippen molar-refractivity contribution >= 4 is 5.97 Å². The smallest absolute Gasteiger partial charge is 0.333 e. The van der Waals surface area contributed by atoms with E-state index >= 15 is 0 Å². The number of carbonyl (C=O) groups excluding carboxylic acids is 1. The first-order valence-corrected chi connectivity index (χ1v) is 4.71. The molecule has 2 N–H and O–H groups in total. The number of hydrogen-bond donors (Lipinski definition) is 2. The molecule has 0 saturated heterocycles. The van der Waals surface area contributed by atoms with E-state index in [0.717, 1.165) is 0 Å². The summed E-state index contributed by atoms with van der Waals surface area (Å²) in [7, 11) is 0. The largest absolute Gasteiger partial charge is 0.457 e. The highest BCUT2D eigenvalue weighted by Gasteiger charge is 2.13. The van der Waals surface area contributed by atoms with Gasteiger partial charge in [0.05, 0.1) is 6.61 Å². The zero-order valence-electron chi connectivity index (χ0n) is 8.69. The molecule has 0 fully saturated rings. The molecule has 1 unspecified atom stereocenters. The first kappa shape index (κ1) is 13.1. The Labute approximate surface area is 84.2 Å². The van der Waals surface area contributed by atoms with Gasteiger partial charge in [-0.2, -0.15) is 0 Å². The fourth-order valence-electron chi connectivity index (χ4n) is 0.869. The molecule has 0 aromatic heterocycles. The second-order valence-corrected chi connectivity index (χ2v) is 3.05. The third-order valence-corrected chi connectivity index (χ3v) is 1.92. The number of esters is 1. The molecule has 0 aliphatic carbocycles. The van der Waals surface area contributed by atoms with Gasteiger partial charge in [0.25, 0.3) is 0 Å². The van der Waals surface area contributed by atoms with E-state index in [1.165, 1.54) is 0 Å². The molecule has 0 heterocycles. The van der Waals surface area contributed by atoms with Crippen LogP contribution in [0.2, 0.25) is 0 Å². The van der Waals surface area contributed by atoms with Gasteiger partial charge in [-0.05, 0) is 26.7 Å². The minimum Gasteiger partial charge on any atom is -0.457 e. The SMILES string of the molecule is CC=C(C)C(=O)OC(CO)CCCO. The number of allylic oxidation sites excluding steroid dienone is 1. The van der Waals surface area contributed by atoms with Crippen LogP contribution in [0.3, 0.4) is 0 Å². The lowest BCUT2D eigenvalue weighted by atomic mass is 10.2. The van der Waals surface area contributed by atoms with Crippen LogP contribution in [0, 0.1) is 0 Å². The summed E-state index contributed by atoms with van der Waals surface area (Å²) in [4.78, 5) is 11.2. The maximum atomic E-state index is 11.2. The van der Waals surface area contributed by atoms with Crippen LogP contribution in [-0.2, 0) is 9.53 Å². The molecule has 0 aliphatic rings. The highest BCUT2D eigenvalue weighted by molar-refractivity contribution is 5.87. The van der Waals surface area contributed by atoms with Crippen molar-refractivity contribution in [1.82, 2.24) is 0 Å². The lowest BCUT2D eigenvalue weighted by Gasteiger charge is -2.14. The van der Waals surface area contributed by atoms with E-state index in [0.29, 0.717) is 18.4 Å². The van der Waals surface area contributed by atoms with Gasteiger partial charge in [0, 0.05) is 12.2 Å². The van der Waals surface area contributed by atoms with E-state index in [9.17, 15) is 4.79 Å². The summed E-state index contributed by atoms with van der Waals surface area (Å²) in [6.07, 6.45) is 2.15. The molecule has 0 saturated carbocycles. The summed E-state index contributed by atoms with van der Waals surface area (Å²) in [6.45, 7) is 3.24. The molecular weight excluding hydrogens is 184 g/mol. The standard InChI is InChI=1S/C10H18O4/c1-3-8(2)10(13)14-9(7-12)5-4-6-11/h3,9,11-12H,4-7H2,1-2H3. The lowest BCUT2D eigenvalue weighted by Crippen LogP contribution is -2.22. The Morgan fingerprint density at radius 3 is 2.57 bits per heavy atom. The highest BCUT2D eigenvalue weighted by atomic mass is 16.6. The minimum atomic E-state index is -0.510. The van der Waals surface area contributed by atoms with Crippen LogP contribution in [-0.4, -0.2) is 35.5 Å². The Morgan fingerprint density at radius 1 is 1.50 bits per heavy atom. The molecule has 0 aromatic carbocycles. The fourth-order valence-corrected chi connectivity index (χ4v) is 0.869. The maximum absolute atomic E-state index is 11.2. The van der Waals surface area contributed by atoms with E-state index in [2.05, 4.69) is 0 Å². The van der Waals surface area contributed by atoms with Crippen molar-refractivity contribution in [3.8, 4) is 0 Å². The van der Waals surface area contributed by atoms with Gasteiger partial charge in [0.2, 0.25) is 0 Å². The van der Waals surface area contributed by atoms with E-state index in [-0.39, 0.29) is 13.2 Å². The monoisotopic (exact) mass is 202 g/mol. The van der Waals surface area contributed by atoms with Crippen molar-refractivity contribution in [1.29, 1.82) is 0 Å². The topological polar surface area (TPSA) is 66.8 Å². The van der Waals surface area contributed by atoms with Crippen LogP contribution < -0.4 is 0 Å². The molecule has 0 amide bonds. The maximum Gasteiger partial charge on any atom is 0.333 e. The zero-order chi connectivity index (χ0) is 11.0. The van der Waals surface area contributed by atoms with Crippen molar-refractivity contribution in [3.05, 3.63) is 11.6 Å². The first-order valence-electron chi connectivity index (χ1n) is 4.71. The van der Waals surface area contributed by atoms with Crippen LogP contribution in [0.5, 0.6) is 0 Å². The summed E-state index contributed by atoms with van der Waals surface area (Å²) in [5.74, 6) is -0.413. The van der Waals surface area contributed by atoms with Gasteiger partial charge in [-0.25, -0.2) is 4.79 Å². The molecule has 0 aliphatic heterocycles. The van der Waals surface area contributed by atoms with Crippen molar-refractivity contribution < 1.29 is 19.7 Å². The Kier molecular flexibility index (Phi) is 7.06. The summed E-state index contributed by atoms with van der Waals surface area (Å²) in [6, 6.07) is 0. The second kappa shape index (κ2) is 7.53. The molecule has 0 radical (unpaired) electrons. The average molecular weight is 202 g/mol. The quantitative estimate of drug-likeness (QED) is 0.489. The van der Waals surface area contributed by atoms with Crippen LogP contribution in [0.1, 0.15) is 26.7 Å². The third-order valence-electron chi connectivity index (χ3n) is 1.92. The zero-order valence-corrected chi connectivity index (χ0v) is 8.69. The van der Waals surface area contributed by atoms with E-state index in [4.69, 9.17) is 14.9 Å². The molecule has 1 atom stereocenters. The van der Waals surface area contributed by atoms with Gasteiger partial charge >= 0.3 is 5.97 Å². The van der Waals surface area contributed by atoms with Gasteiger partial charge in [0.1, 0.15) is 6.10 Å². The van der Waals surface area contributed by atoms with Gasteiger partial charge < -0.3 is 14.9 Å². The Balaban J connectivity index is 3.98. The molecule has 0 aromatic rings. The van der Waals surface area contributed by atoms with Crippen molar-refractivity contribution in [2.75, 3.05) is 13.2 Å². The molecule has 14 heavy (non-hydrogen) atoms. The summed E-state index contributed by atoms with van der Waals surface area (Å²) in [5, 5.41) is 17.4. The van der Waals surface area contributed by atoms with E-state index < -0.39 is 12.1 Å². The summed E-state index contributed by atoms with van der Waals surface area (Å²) >= 11 is 0. The van der Waals surface area contributed by atoms with Gasteiger partial charge in [-0.15, -0.1) is 0 Å². The normalized spacial score (nSPS) is 13.9. The second-order valence-electron chi connectivity index (χ2n) is 3.05. The fraction of sp³-hybridized carbons (Fsp3) is 0.700. The first-order chi connectivity index (χ1) is 6.65. The predicted octanol–water partition coefficient (Wildman–Crippen LogP) is 0.629. The average Bonchev–Trinajstić information content (AvgIpc) is 2.22. The van der Waals surface area contributed by atoms with Gasteiger partial charge in [-0.1, -0.05) is 6.08 Å². The number of hydrogen-bond acceptors (Lipinski definition) is 4. The number of rotatable bonds is 6. The summed E-state index contributed by atoms with van der Waals surface area (Å²) < 4.78 is 4.99. The predicted molar refractivity (Wildman–Crippen MR) is 52.7 cm³/mol. The van der Waals surface area contributed by atoms with Gasteiger partial charge in [-0.3, -0.25) is 0 Å². The minimum absolute atomic E-state index is 0.0383. The molecule has 0 spiro atoms. The molecule has 4 heteroatoms. The van der Waals surface area contributed by atoms with Crippen LogP contribution >= 0.6 is 0 Å². The van der Waals surface area contributed by atoms with Crippen LogP contribution in [0.4, 0.5) is 0 Å². The van der Waals surface area contributed by atoms with E-state index in [1.54, 1.807) is 19.9 Å². The molecule has 4 nitrogen and oxygen atoms in total. The molecule has 0 rings (SSSR count). The lowest BCUT2D eigenvalue weighted by molar-refractivity contribution is -0.146. The van der Waals surface area contributed by atoms with Crippen molar-refractivity contribution in [3.63, 3.8) is 0 Å². The molecular formula is C10H18O4. The van der Waals surface area contributed by atoms with Crippen LogP contribution in [0.15, 0.2) is 11.6 Å². The number of carbonyl (C=O) groups is 1. The van der Waals surface area contributed by atoms with Gasteiger partial charge in [0.15, 0.2) is 0 Å². The molecule has 0 bridgehead atoms. The van der Waals surface area contributed by atoms with Crippen molar-refractivity contribution in [2.45, 2.75) is 32.8 Å². The Bertz CT molecular complexity index is 198. The number of aliphatic hydroxyl groups is 2. The summed E-state index contributed by atoms with van der Waals surface area (Å²) in [5.41, 5.74) is 0.521. The van der Waals surface area contributed by atoms with Crippen LogP contribution in [0.25, 0.3) is 0 Å². The number of ether oxygens (including phenoxy) is 1. The highest BCUT2D eigenvalue weighted by Crippen LogP contribution is 2.05. The number of aliphatic hydroxyl groups excluding tert-OH is 2.